The predicted molar refractivity (Wildman–Crippen MR) is 41.0 cm³/mol. The molecule has 0 aliphatic rings. The number of aliphatic hydroxyl groups is 1. The maximum atomic E-state index is 13.1. The molecule has 1 N–H and O–H groups in total. The average molecular weight is 175 g/mol. The minimum Gasteiger partial charge on any atom is -0.396 e. The van der Waals surface area contributed by atoms with E-state index in [9.17, 15) is 8.78 Å². The van der Waals surface area contributed by atoms with E-state index in [1.807, 2.05) is 0 Å². The third kappa shape index (κ3) is 1.64. The molecule has 0 aromatic carbocycles. The summed E-state index contributed by atoms with van der Waals surface area (Å²) in [7, 11) is 1.56. The van der Waals surface area contributed by atoms with Crippen LogP contribution < -0.4 is 0 Å². The molecule has 0 bridgehead atoms. The lowest BCUT2D eigenvalue weighted by atomic mass is 10.2. The lowest BCUT2D eigenvalue weighted by Gasteiger charge is -2.15. The van der Waals surface area contributed by atoms with Crippen LogP contribution >= 0.6 is 0 Å². The smallest absolute Gasteiger partial charge is 0.289 e. The monoisotopic (exact) mass is 175 g/mol. The predicted octanol–water partition coefficient (Wildman–Crippen LogP) is 1.50. The van der Waals surface area contributed by atoms with E-state index in [4.69, 9.17) is 5.11 Å². The van der Waals surface area contributed by atoms with Gasteiger partial charge in [0.05, 0.1) is 5.69 Å². The highest BCUT2D eigenvalue weighted by Gasteiger charge is 2.32. The molecular formula is C8H11F2NO. The van der Waals surface area contributed by atoms with Crippen molar-refractivity contribution in [2.24, 2.45) is 7.05 Å². The second-order valence-corrected chi connectivity index (χ2v) is 2.68. The topological polar surface area (TPSA) is 25.2 Å². The lowest BCUT2D eigenvalue weighted by Crippen LogP contribution is -2.18. The third-order valence-corrected chi connectivity index (χ3v) is 1.74. The zero-order chi connectivity index (χ0) is 9.19. The molecule has 0 atom stereocenters. The molecule has 0 saturated heterocycles. The maximum absolute atomic E-state index is 13.1. The Bertz CT molecular complexity index is 257. The van der Waals surface area contributed by atoms with Crippen LogP contribution in [0.1, 0.15) is 12.1 Å². The van der Waals surface area contributed by atoms with Crippen LogP contribution in [0.25, 0.3) is 0 Å². The summed E-state index contributed by atoms with van der Waals surface area (Å²) in [6.45, 7) is -0.502. The highest BCUT2D eigenvalue weighted by molar-refractivity contribution is 5.12. The van der Waals surface area contributed by atoms with Crippen molar-refractivity contribution < 1.29 is 13.9 Å². The molecule has 0 radical (unpaired) electrons. The highest BCUT2D eigenvalue weighted by Crippen LogP contribution is 2.30. The van der Waals surface area contributed by atoms with Crippen molar-refractivity contribution in [3.05, 3.63) is 24.0 Å². The molecule has 1 rings (SSSR count). The van der Waals surface area contributed by atoms with Crippen LogP contribution in [0, 0.1) is 0 Å². The second-order valence-electron chi connectivity index (χ2n) is 2.68. The van der Waals surface area contributed by atoms with Crippen molar-refractivity contribution in [1.82, 2.24) is 4.57 Å². The summed E-state index contributed by atoms with van der Waals surface area (Å²) in [4.78, 5) is 0. The highest BCUT2D eigenvalue weighted by atomic mass is 19.3. The van der Waals surface area contributed by atoms with Gasteiger partial charge in [-0.25, -0.2) is 0 Å². The zero-order valence-corrected chi connectivity index (χ0v) is 6.80. The van der Waals surface area contributed by atoms with Crippen molar-refractivity contribution in [2.75, 3.05) is 6.61 Å². The fraction of sp³-hybridized carbons (Fsp3) is 0.500. The van der Waals surface area contributed by atoms with Crippen LogP contribution in [0.2, 0.25) is 0 Å². The number of halogens is 2. The largest absolute Gasteiger partial charge is 0.396 e. The second kappa shape index (κ2) is 3.23. The summed E-state index contributed by atoms with van der Waals surface area (Å²) in [6.07, 6.45) is 1.03. The molecule has 0 aliphatic carbocycles. The van der Waals surface area contributed by atoms with Gasteiger partial charge in [-0.2, -0.15) is 8.78 Å². The van der Waals surface area contributed by atoms with Gasteiger partial charge in [0.25, 0.3) is 5.92 Å². The molecule has 12 heavy (non-hydrogen) atoms. The number of rotatable bonds is 3. The summed E-state index contributed by atoms with van der Waals surface area (Å²) < 4.78 is 27.5. The number of hydrogen-bond donors (Lipinski definition) is 1. The van der Waals surface area contributed by atoms with E-state index in [1.54, 1.807) is 19.3 Å². The molecule has 0 aliphatic heterocycles. The Balaban J connectivity index is 2.88. The summed E-state index contributed by atoms with van der Waals surface area (Å²) in [5.74, 6) is -2.92. The number of aliphatic hydroxyl groups excluding tert-OH is 1. The van der Waals surface area contributed by atoms with Gasteiger partial charge in [-0.3, -0.25) is 0 Å². The first kappa shape index (κ1) is 9.19. The summed E-state index contributed by atoms with van der Waals surface area (Å²) in [6, 6.07) is 2.91. The number of hydrogen-bond acceptors (Lipinski definition) is 1. The molecule has 0 spiro atoms. The number of nitrogens with zero attached hydrogens (tertiary/aromatic N) is 1. The number of aromatic nitrogens is 1. The normalized spacial score (nSPS) is 12.0. The molecule has 1 aromatic heterocycles. The van der Waals surface area contributed by atoms with E-state index in [-0.39, 0.29) is 5.69 Å². The van der Waals surface area contributed by atoms with Gasteiger partial charge >= 0.3 is 0 Å². The first-order valence-corrected chi connectivity index (χ1v) is 3.68. The van der Waals surface area contributed by atoms with Gasteiger partial charge in [0.1, 0.15) is 0 Å². The van der Waals surface area contributed by atoms with E-state index >= 15 is 0 Å². The van der Waals surface area contributed by atoms with Crippen molar-refractivity contribution in [3.63, 3.8) is 0 Å². The van der Waals surface area contributed by atoms with Crippen molar-refractivity contribution in [2.45, 2.75) is 12.3 Å². The van der Waals surface area contributed by atoms with Crippen LogP contribution in [0.5, 0.6) is 0 Å². The van der Waals surface area contributed by atoms with Crippen LogP contribution in [0.4, 0.5) is 8.78 Å². The Morgan fingerprint density at radius 3 is 2.67 bits per heavy atom. The molecule has 4 heteroatoms. The van der Waals surface area contributed by atoms with E-state index in [1.165, 1.54) is 10.6 Å². The van der Waals surface area contributed by atoms with E-state index in [0.717, 1.165) is 0 Å². The molecule has 1 heterocycles. The van der Waals surface area contributed by atoms with E-state index in [2.05, 4.69) is 0 Å². The summed E-state index contributed by atoms with van der Waals surface area (Å²) in [5.41, 5.74) is -0.0587. The quantitative estimate of drug-likeness (QED) is 0.739. The fourth-order valence-corrected chi connectivity index (χ4v) is 1.11. The minimum absolute atomic E-state index is 0.0587. The van der Waals surface area contributed by atoms with Crippen molar-refractivity contribution in [3.8, 4) is 0 Å². The van der Waals surface area contributed by atoms with Crippen LogP contribution in [0.15, 0.2) is 18.3 Å². The van der Waals surface area contributed by atoms with Crippen LogP contribution in [0.3, 0.4) is 0 Å². The molecule has 2 nitrogen and oxygen atoms in total. The van der Waals surface area contributed by atoms with Gasteiger partial charge < -0.3 is 9.67 Å². The molecule has 68 valence electrons. The zero-order valence-electron chi connectivity index (χ0n) is 6.80. The first-order valence-electron chi connectivity index (χ1n) is 3.68. The van der Waals surface area contributed by atoms with E-state index in [0.29, 0.717) is 0 Å². The Labute approximate surface area is 69.4 Å². The SMILES string of the molecule is Cn1cccc1C(F)(F)CCO. The van der Waals surface area contributed by atoms with Crippen molar-refractivity contribution >= 4 is 0 Å². The van der Waals surface area contributed by atoms with Gasteiger partial charge in [0.2, 0.25) is 0 Å². The van der Waals surface area contributed by atoms with Gasteiger partial charge in [-0.05, 0) is 12.1 Å². The number of aryl methyl sites for hydroxylation is 1. The fourth-order valence-electron chi connectivity index (χ4n) is 1.11. The summed E-state index contributed by atoms with van der Waals surface area (Å²) >= 11 is 0. The minimum atomic E-state index is -2.92. The first-order chi connectivity index (χ1) is 5.58. The molecule has 0 unspecified atom stereocenters. The van der Waals surface area contributed by atoms with Gasteiger partial charge in [0.15, 0.2) is 0 Å². The molecular weight excluding hydrogens is 164 g/mol. The Hall–Kier alpha value is -0.900. The van der Waals surface area contributed by atoms with Gasteiger partial charge in [-0.1, -0.05) is 0 Å². The summed E-state index contributed by atoms with van der Waals surface area (Å²) in [5, 5.41) is 8.40. The Morgan fingerprint density at radius 2 is 2.25 bits per heavy atom. The van der Waals surface area contributed by atoms with Crippen LogP contribution in [-0.4, -0.2) is 16.3 Å². The van der Waals surface area contributed by atoms with Crippen molar-refractivity contribution in [1.29, 1.82) is 0 Å². The van der Waals surface area contributed by atoms with Gasteiger partial charge in [-0.15, -0.1) is 0 Å². The van der Waals surface area contributed by atoms with E-state index < -0.39 is 19.0 Å². The number of alkyl halides is 2. The molecule has 1 aromatic rings. The average Bonchev–Trinajstić information content (AvgIpc) is 2.35. The standard InChI is InChI=1S/C8H11F2NO/c1-11-5-2-3-7(11)8(9,10)4-6-12/h2-3,5,12H,4,6H2,1H3. The third-order valence-electron chi connectivity index (χ3n) is 1.74. The molecule has 0 fully saturated rings. The Kier molecular flexibility index (Phi) is 2.47. The lowest BCUT2D eigenvalue weighted by molar-refractivity contribution is -0.0333. The molecule has 0 amide bonds. The Morgan fingerprint density at radius 1 is 1.58 bits per heavy atom. The molecule has 0 saturated carbocycles. The maximum Gasteiger partial charge on any atom is 0.289 e. The van der Waals surface area contributed by atoms with Gasteiger partial charge in [0, 0.05) is 26.3 Å². The van der Waals surface area contributed by atoms with Crippen LogP contribution in [-0.2, 0) is 13.0 Å².